The number of rotatable bonds is 12. The molecule has 1 aromatic heterocycles. The number of aliphatic carboxylic acids is 1. The number of nitrogens with one attached hydrogen (secondary N) is 1. The predicted molar refractivity (Wildman–Crippen MR) is 179 cm³/mol. The van der Waals surface area contributed by atoms with Crippen molar-refractivity contribution in [2.45, 2.75) is 41.8 Å². The van der Waals surface area contributed by atoms with Gasteiger partial charge in [0, 0.05) is 6.20 Å². The number of hydrogen-bond donors (Lipinski definition) is 2. The molecule has 2 N–H and O–H groups in total. The van der Waals surface area contributed by atoms with Gasteiger partial charge in [0.1, 0.15) is 28.6 Å². The Balaban J connectivity index is 1.28. The Morgan fingerprint density at radius 2 is 1.71 bits per heavy atom. The average molecular weight is 696 g/mol. The van der Waals surface area contributed by atoms with Gasteiger partial charge in [-0.15, -0.1) is 11.8 Å². The van der Waals surface area contributed by atoms with Gasteiger partial charge in [0.05, 0.1) is 31.5 Å². The molecule has 6 rings (SSSR count). The molecule has 0 radical (unpaired) electrons. The molecule has 3 heterocycles. The first-order chi connectivity index (χ1) is 23.1. The van der Waals surface area contributed by atoms with Crippen LogP contribution in [0.4, 0.5) is 10.2 Å². The van der Waals surface area contributed by atoms with E-state index in [2.05, 4.69) is 10.3 Å². The summed E-state index contributed by atoms with van der Waals surface area (Å²) < 4.78 is 51.7. The van der Waals surface area contributed by atoms with E-state index in [0.717, 1.165) is 28.5 Å². The third kappa shape index (κ3) is 6.79. The predicted octanol–water partition coefficient (Wildman–Crippen LogP) is 6.26. The molecule has 0 bridgehead atoms. The highest BCUT2D eigenvalue weighted by atomic mass is 32.2. The van der Waals surface area contributed by atoms with Crippen molar-refractivity contribution < 1.29 is 37.2 Å². The maximum absolute atomic E-state index is 15.9. The monoisotopic (exact) mass is 695 g/mol. The zero-order valence-corrected chi connectivity index (χ0v) is 27.9. The molecule has 0 amide bonds. The summed E-state index contributed by atoms with van der Waals surface area (Å²) in [7, 11) is -2.53. The number of phosphoric ester groups is 1. The number of thioether (sulfide) groups is 1. The molecule has 2 saturated heterocycles. The van der Waals surface area contributed by atoms with Gasteiger partial charge in [0.25, 0.3) is 0 Å². The summed E-state index contributed by atoms with van der Waals surface area (Å²) in [5.74, 6) is -0.792. The summed E-state index contributed by atoms with van der Waals surface area (Å²) >= 11 is 1.13. The van der Waals surface area contributed by atoms with Gasteiger partial charge in [0.15, 0.2) is 6.17 Å². The lowest BCUT2D eigenvalue weighted by atomic mass is 9.77. The molecule has 2 aliphatic rings. The maximum Gasteiger partial charge on any atom is 0.475 e. The molecule has 2 aliphatic heterocycles. The van der Waals surface area contributed by atoms with E-state index in [0.29, 0.717) is 5.75 Å². The topological polar surface area (TPSA) is 138 Å². The number of carboxylic acids is 1. The van der Waals surface area contributed by atoms with Crippen LogP contribution in [0.2, 0.25) is 0 Å². The van der Waals surface area contributed by atoms with Crippen molar-refractivity contribution in [1.82, 2.24) is 9.55 Å². The van der Waals surface area contributed by atoms with E-state index < -0.39 is 53.8 Å². The first-order valence-electron chi connectivity index (χ1n) is 15.4. The standard InChI is InChI=1S/C34H35FN3O8PS/c1-22(32(39)40)18-20-44-47(42)45-21-27-30(46-47)29(35)31(48-27)38-19-17-28(36-33(38)41)37-34(23-9-5-3-6-10-23,24-11-7-4-8-12-24)25-13-15-26(43-2)16-14-25/h3-17,19,22,27,29-31H,18,20-21H2,1-2H3,(H,39,40)(H,36,37,41)/t22?,27-,29+,30-,31-,47?/m1/s1. The van der Waals surface area contributed by atoms with Crippen LogP contribution in [0.1, 0.15) is 35.4 Å². The van der Waals surface area contributed by atoms with Crippen LogP contribution in [0.3, 0.4) is 0 Å². The van der Waals surface area contributed by atoms with Gasteiger partial charge in [-0.25, -0.2) is 13.8 Å². The van der Waals surface area contributed by atoms with Gasteiger partial charge >= 0.3 is 19.5 Å². The SMILES string of the molecule is COc1ccc(C(Nc2ccn([C@@H]3S[C@@H]4COP(=O)(OCCC(C)C(=O)O)O[C@H]4[C@@H]3F)c(=O)n2)(c2ccccc2)c2ccccc2)cc1. The van der Waals surface area contributed by atoms with Crippen molar-refractivity contribution in [3.05, 3.63) is 124 Å². The number of aromatic nitrogens is 2. The van der Waals surface area contributed by atoms with Crippen LogP contribution in [0.5, 0.6) is 5.75 Å². The fourth-order valence-corrected chi connectivity index (χ4v) is 8.93. The molecule has 14 heteroatoms. The van der Waals surface area contributed by atoms with Crippen LogP contribution < -0.4 is 15.7 Å². The minimum Gasteiger partial charge on any atom is -0.497 e. The van der Waals surface area contributed by atoms with E-state index in [-0.39, 0.29) is 25.5 Å². The molecular formula is C34H35FN3O8PS. The third-order valence-electron chi connectivity index (χ3n) is 8.49. The van der Waals surface area contributed by atoms with Gasteiger partial charge in [-0.2, -0.15) is 4.98 Å². The average Bonchev–Trinajstić information content (AvgIpc) is 3.42. The van der Waals surface area contributed by atoms with Gasteiger partial charge in [-0.1, -0.05) is 79.7 Å². The van der Waals surface area contributed by atoms with E-state index in [1.807, 2.05) is 84.9 Å². The normalized spacial score (nSPS) is 24.4. The van der Waals surface area contributed by atoms with Crippen molar-refractivity contribution in [3.63, 3.8) is 0 Å². The van der Waals surface area contributed by atoms with Crippen molar-refractivity contribution >= 4 is 31.4 Å². The van der Waals surface area contributed by atoms with Crippen molar-refractivity contribution in [2.24, 2.45) is 5.92 Å². The molecule has 2 fully saturated rings. The minimum atomic E-state index is -4.13. The smallest absolute Gasteiger partial charge is 0.475 e. The summed E-state index contributed by atoms with van der Waals surface area (Å²) in [5, 5.41) is 11.0. The number of phosphoric acid groups is 1. The third-order valence-corrected chi connectivity index (χ3v) is 11.5. The molecule has 3 aromatic carbocycles. The van der Waals surface area contributed by atoms with Gasteiger partial charge < -0.3 is 15.2 Å². The highest BCUT2D eigenvalue weighted by Gasteiger charge is 2.54. The van der Waals surface area contributed by atoms with Crippen LogP contribution in [0.25, 0.3) is 0 Å². The quantitative estimate of drug-likeness (QED) is 0.128. The highest BCUT2D eigenvalue weighted by Crippen LogP contribution is 2.60. The number of ether oxygens (including phenoxy) is 1. The number of methoxy groups -OCH3 is 1. The number of fused-ring (bicyclic) bond motifs is 1. The molecule has 0 spiro atoms. The number of carbonyl (C=O) groups is 1. The van der Waals surface area contributed by atoms with Gasteiger partial charge in [0.2, 0.25) is 0 Å². The van der Waals surface area contributed by atoms with Crippen molar-refractivity contribution in [1.29, 1.82) is 0 Å². The zero-order valence-electron chi connectivity index (χ0n) is 26.2. The summed E-state index contributed by atoms with van der Waals surface area (Å²) in [5.41, 5.74) is 0.994. The Morgan fingerprint density at radius 1 is 1.08 bits per heavy atom. The number of anilines is 1. The Labute approximate surface area is 281 Å². The van der Waals surface area contributed by atoms with Crippen LogP contribution in [-0.2, 0) is 28.5 Å². The first kappa shape index (κ1) is 33.9. The molecule has 0 saturated carbocycles. The van der Waals surface area contributed by atoms with Crippen LogP contribution in [0.15, 0.2) is 102 Å². The summed E-state index contributed by atoms with van der Waals surface area (Å²) in [6.07, 6.45) is -1.34. The molecule has 6 atom stereocenters. The number of hydrogen-bond acceptors (Lipinski definition) is 10. The zero-order chi connectivity index (χ0) is 33.9. The molecule has 2 unspecified atom stereocenters. The van der Waals surface area contributed by atoms with E-state index in [1.165, 1.54) is 17.7 Å². The Bertz CT molecular complexity index is 1790. The molecule has 0 aliphatic carbocycles. The Hall–Kier alpha value is -4.00. The summed E-state index contributed by atoms with van der Waals surface area (Å²) in [6.45, 7) is 1.17. The number of carboxylic acid groups (broad SMARTS) is 1. The van der Waals surface area contributed by atoms with Crippen LogP contribution >= 0.6 is 19.6 Å². The van der Waals surface area contributed by atoms with Gasteiger partial charge in [-0.05, 0) is 41.3 Å². The molecule has 48 heavy (non-hydrogen) atoms. The number of alkyl halides is 1. The highest BCUT2D eigenvalue weighted by molar-refractivity contribution is 8.00. The second kappa shape index (κ2) is 14.2. The van der Waals surface area contributed by atoms with Crippen LogP contribution in [-0.4, -0.2) is 58.5 Å². The number of nitrogens with zero attached hydrogens (tertiary/aromatic N) is 2. The van der Waals surface area contributed by atoms with Crippen molar-refractivity contribution in [2.75, 3.05) is 25.6 Å². The van der Waals surface area contributed by atoms with Gasteiger partial charge in [-0.3, -0.25) is 22.9 Å². The van der Waals surface area contributed by atoms with Crippen molar-refractivity contribution in [3.8, 4) is 5.75 Å². The fourth-order valence-electron chi connectivity index (χ4n) is 5.86. The van der Waals surface area contributed by atoms with E-state index in [1.54, 1.807) is 13.2 Å². The first-order valence-corrected chi connectivity index (χ1v) is 17.8. The minimum absolute atomic E-state index is 0.0757. The maximum atomic E-state index is 15.9. The second-order valence-electron chi connectivity index (χ2n) is 11.5. The molecule has 11 nitrogen and oxygen atoms in total. The Kier molecular flexibility index (Phi) is 10.0. The molecular weight excluding hydrogens is 660 g/mol. The van der Waals surface area contributed by atoms with Crippen LogP contribution in [0, 0.1) is 5.92 Å². The van der Waals surface area contributed by atoms with E-state index >= 15 is 4.39 Å². The fraction of sp³-hybridized carbons (Fsp3) is 0.324. The van der Waals surface area contributed by atoms with E-state index in [9.17, 15) is 14.2 Å². The number of benzene rings is 3. The lowest BCUT2D eigenvalue weighted by Gasteiger charge is -2.37. The number of halogens is 1. The molecule has 252 valence electrons. The largest absolute Gasteiger partial charge is 0.497 e. The summed E-state index contributed by atoms with van der Waals surface area (Å²) in [6, 6.07) is 28.8. The Morgan fingerprint density at radius 3 is 2.29 bits per heavy atom. The second-order valence-corrected chi connectivity index (χ2v) is 14.5. The van der Waals surface area contributed by atoms with E-state index in [4.69, 9.17) is 23.4 Å². The lowest BCUT2D eigenvalue weighted by molar-refractivity contribution is -0.141. The lowest BCUT2D eigenvalue weighted by Crippen LogP contribution is -2.40. The molecule has 4 aromatic rings. The summed E-state index contributed by atoms with van der Waals surface area (Å²) in [4.78, 5) is 29.0.